The molecule has 0 atom stereocenters. The van der Waals surface area contributed by atoms with Gasteiger partial charge >= 0.3 is 0 Å². The van der Waals surface area contributed by atoms with Gasteiger partial charge in [0.25, 0.3) is 0 Å². The van der Waals surface area contributed by atoms with Crippen LogP contribution in [0.4, 0.5) is 10.1 Å². The van der Waals surface area contributed by atoms with Gasteiger partial charge in [-0.1, -0.05) is 33.6 Å². The average molecular weight is 315 g/mol. The van der Waals surface area contributed by atoms with Crippen molar-refractivity contribution in [2.75, 3.05) is 5.32 Å². The fourth-order valence-electron chi connectivity index (χ4n) is 1.43. The lowest BCUT2D eigenvalue weighted by Crippen LogP contribution is -1.99. The monoisotopic (exact) mass is 313 g/mol. The molecule has 0 aromatic heterocycles. The van der Waals surface area contributed by atoms with E-state index in [9.17, 15) is 4.39 Å². The van der Waals surface area contributed by atoms with E-state index in [4.69, 9.17) is 11.6 Å². The maximum atomic E-state index is 12.7. The van der Waals surface area contributed by atoms with Crippen LogP contribution in [0.25, 0.3) is 0 Å². The standard InChI is InChI=1S/C13H10BrClFN/c14-10-2-1-9(13(15)7-10)8-17-12-5-3-11(16)4-6-12/h1-7,17H,8H2. The average Bonchev–Trinajstić information content (AvgIpc) is 2.30. The molecule has 0 heterocycles. The van der Waals surface area contributed by atoms with E-state index in [0.717, 1.165) is 15.7 Å². The molecule has 0 spiro atoms. The maximum absolute atomic E-state index is 12.7. The number of hydrogen-bond donors (Lipinski definition) is 1. The Morgan fingerprint density at radius 2 is 1.82 bits per heavy atom. The molecule has 0 radical (unpaired) electrons. The molecule has 0 aliphatic carbocycles. The molecular formula is C13H10BrClFN. The second kappa shape index (κ2) is 5.52. The molecule has 0 bridgehead atoms. The molecule has 0 aliphatic rings. The van der Waals surface area contributed by atoms with Crippen molar-refractivity contribution < 1.29 is 4.39 Å². The Morgan fingerprint density at radius 3 is 2.47 bits per heavy atom. The number of benzene rings is 2. The van der Waals surface area contributed by atoms with E-state index >= 15 is 0 Å². The van der Waals surface area contributed by atoms with E-state index < -0.39 is 0 Å². The minimum absolute atomic E-state index is 0.239. The van der Waals surface area contributed by atoms with Gasteiger partial charge < -0.3 is 5.32 Å². The highest BCUT2D eigenvalue weighted by Gasteiger charge is 2.01. The zero-order chi connectivity index (χ0) is 12.3. The predicted molar refractivity (Wildman–Crippen MR) is 72.9 cm³/mol. The molecule has 0 amide bonds. The summed E-state index contributed by atoms with van der Waals surface area (Å²) in [7, 11) is 0. The predicted octanol–water partition coefficient (Wildman–Crippen LogP) is 4.85. The summed E-state index contributed by atoms with van der Waals surface area (Å²) >= 11 is 9.44. The number of hydrogen-bond acceptors (Lipinski definition) is 1. The number of rotatable bonds is 3. The third-order valence-electron chi connectivity index (χ3n) is 2.34. The van der Waals surface area contributed by atoms with Crippen LogP contribution >= 0.6 is 27.5 Å². The van der Waals surface area contributed by atoms with Crippen molar-refractivity contribution in [3.8, 4) is 0 Å². The Balaban J connectivity index is 2.04. The molecule has 2 aromatic carbocycles. The first kappa shape index (κ1) is 12.4. The molecule has 1 nitrogen and oxygen atoms in total. The highest BCUT2D eigenvalue weighted by atomic mass is 79.9. The molecule has 17 heavy (non-hydrogen) atoms. The molecule has 2 aromatic rings. The normalized spacial score (nSPS) is 10.3. The summed E-state index contributed by atoms with van der Waals surface area (Å²) in [4.78, 5) is 0. The summed E-state index contributed by atoms with van der Waals surface area (Å²) in [6, 6.07) is 12.0. The van der Waals surface area contributed by atoms with Crippen LogP contribution in [-0.4, -0.2) is 0 Å². The SMILES string of the molecule is Fc1ccc(NCc2ccc(Br)cc2Cl)cc1. The van der Waals surface area contributed by atoms with Crippen molar-refractivity contribution in [3.63, 3.8) is 0 Å². The summed E-state index contributed by atoms with van der Waals surface area (Å²) in [6.45, 7) is 0.609. The lowest BCUT2D eigenvalue weighted by molar-refractivity contribution is 0.628. The van der Waals surface area contributed by atoms with Crippen molar-refractivity contribution >= 4 is 33.2 Å². The summed E-state index contributed by atoms with van der Waals surface area (Å²) in [6.07, 6.45) is 0. The summed E-state index contributed by atoms with van der Waals surface area (Å²) in [5.74, 6) is -0.239. The highest BCUT2D eigenvalue weighted by Crippen LogP contribution is 2.22. The van der Waals surface area contributed by atoms with Gasteiger partial charge in [-0.05, 0) is 42.0 Å². The van der Waals surface area contributed by atoms with Crippen molar-refractivity contribution in [3.05, 3.63) is 63.3 Å². The second-order valence-corrected chi connectivity index (χ2v) is 4.92. The zero-order valence-corrected chi connectivity index (χ0v) is 11.2. The largest absolute Gasteiger partial charge is 0.381 e. The van der Waals surface area contributed by atoms with Crippen LogP contribution in [0.15, 0.2) is 46.9 Å². The molecule has 1 N–H and O–H groups in total. The van der Waals surface area contributed by atoms with Crippen molar-refractivity contribution in [1.82, 2.24) is 0 Å². The van der Waals surface area contributed by atoms with Crippen LogP contribution in [-0.2, 0) is 6.54 Å². The first-order valence-electron chi connectivity index (χ1n) is 5.08. The van der Waals surface area contributed by atoms with Gasteiger partial charge in [-0.15, -0.1) is 0 Å². The number of anilines is 1. The van der Waals surface area contributed by atoms with Crippen LogP contribution in [0.5, 0.6) is 0 Å². The van der Waals surface area contributed by atoms with Gasteiger partial charge in [-0.2, -0.15) is 0 Å². The van der Waals surface area contributed by atoms with E-state index in [1.165, 1.54) is 12.1 Å². The molecule has 0 aliphatic heterocycles. The Bertz CT molecular complexity index is 513. The van der Waals surface area contributed by atoms with Gasteiger partial charge in [-0.25, -0.2) is 4.39 Å². The van der Waals surface area contributed by atoms with Gasteiger partial charge in [0.1, 0.15) is 5.82 Å². The molecule has 88 valence electrons. The van der Waals surface area contributed by atoms with Crippen molar-refractivity contribution in [2.24, 2.45) is 0 Å². The highest BCUT2D eigenvalue weighted by molar-refractivity contribution is 9.10. The summed E-state index contributed by atoms with van der Waals surface area (Å²) in [5.41, 5.74) is 1.87. The molecule has 0 saturated heterocycles. The van der Waals surface area contributed by atoms with E-state index in [1.54, 1.807) is 12.1 Å². The maximum Gasteiger partial charge on any atom is 0.123 e. The third-order valence-corrected chi connectivity index (χ3v) is 3.19. The fraction of sp³-hybridized carbons (Fsp3) is 0.0769. The smallest absolute Gasteiger partial charge is 0.123 e. The van der Waals surface area contributed by atoms with Gasteiger partial charge in [0.2, 0.25) is 0 Å². The lowest BCUT2D eigenvalue weighted by atomic mass is 10.2. The van der Waals surface area contributed by atoms with Gasteiger partial charge in [0.05, 0.1) is 0 Å². The zero-order valence-electron chi connectivity index (χ0n) is 8.88. The Kier molecular flexibility index (Phi) is 4.02. The molecule has 0 saturated carbocycles. The molecule has 0 unspecified atom stereocenters. The quantitative estimate of drug-likeness (QED) is 0.853. The molecular weight excluding hydrogens is 305 g/mol. The Morgan fingerprint density at radius 1 is 1.12 bits per heavy atom. The van der Waals surface area contributed by atoms with Gasteiger partial charge in [0.15, 0.2) is 0 Å². The van der Waals surface area contributed by atoms with Crippen LogP contribution < -0.4 is 5.32 Å². The van der Waals surface area contributed by atoms with Gasteiger partial charge in [-0.3, -0.25) is 0 Å². The third kappa shape index (κ3) is 3.45. The molecule has 2 rings (SSSR count). The second-order valence-electron chi connectivity index (χ2n) is 3.60. The fourth-order valence-corrected chi connectivity index (χ4v) is 2.17. The van der Waals surface area contributed by atoms with E-state index in [1.807, 2.05) is 18.2 Å². The van der Waals surface area contributed by atoms with E-state index in [-0.39, 0.29) is 5.82 Å². The van der Waals surface area contributed by atoms with E-state index in [0.29, 0.717) is 11.6 Å². The topological polar surface area (TPSA) is 12.0 Å². The summed E-state index contributed by atoms with van der Waals surface area (Å²) in [5, 5.41) is 3.88. The van der Waals surface area contributed by atoms with Crippen molar-refractivity contribution in [2.45, 2.75) is 6.54 Å². The first-order valence-corrected chi connectivity index (χ1v) is 6.25. The molecule has 0 fully saturated rings. The van der Waals surface area contributed by atoms with Crippen LogP contribution in [0.1, 0.15) is 5.56 Å². The number of nitrogens with one attached hydrogen (secondary N) is 1. The molecule has 4 heteroatoms. The Hall–Kier alpha value is -1.06. The van der Waals surface area contributed by atoms with Crippen LogP contribution in [0, 0.1) is 5.82 Å². The number of halogens is 3. The van der Waals surface area contributed by atoms with Crippen LogP contribution in [0.2, 0.25) is 5.02 Å². The minimum atomic E-state index is -0.239. The summed E-state index contributed by atoms with van der Waals surface area (Å²) < 4.78 is 13.7. The minimum Gasteiger partial charge on any atom is -0.381 e. The van der Waals surface area contributed by atoms with E-state index in [2.05, 4.69) is 21.2 Å². The van der Waals surface area contributed by atoms with Gasteiger partial charge in [0, 0.05) is 21.7 Å². The Labute approximate surface area is 113 Å². The van der Waals surface area contributed by atoms with Crippen LogP contribution in [0.3, 0.4) is 0 Å². The first-order chi connectivity index (χ1) is 8.15. The van der Waals surface area contributed by atoms with Crippen molar-refractivity contribution in [1.29, 1.82) is 0 Å². The lowest BCUT2D eigenvalue weighted by Gasteiger charge is -2.08.